The van der Waals surface area contributed by atoms with Gasteiger partial charge < -0.3 is 4.98 Å². The van der Waals surface area contributed by atoms with Crippen molar-refractivity contribution in [1.29, 1.82) is 0 Å². The molecule has 0 aliphatic carbocycles. The molecule has 3 heterocycles. The van der Waals surface area contributed by atoms with E-state index < -0.39 is 0 Å². The van der Waals surface area contributed by atoms with E-state index in [2.05, 4.69) is 47.2 Å². The number of pyridine rings is 2. The van der Waals surface area contributed by atoms with Gasteiger partial charge in [0.15, 0.2) is 0 Å². The van der Waals surface area contributed by atoms with Crippen LogP contribution >= 0.6 is 11.6 Å². The molecule has 0 spiro atoms. The third-order valence-corrected chi connectivity index (χ3v) is 5.01. The van der Waals surface area contributed by atoms with Gasteiger partial charge in [0.2, 0.25) is 0 Å². The average molecular weight is 362 g/mol. The van der Waals surface area contributed by atoms with E-state index in [1.807, 2.05) is 30.6 Å². The van der Waals surface area contributed by atoms with Crippen LogP contribution in [-0.2, 0) is 19.3 Å². The highest BCUT2D eigenvalue weighted by Crippen LogP contribution is 2.21. The van der Waals surface area contributed by atoms with Crippen molar-refractivity contribution in [3.05, 3.63) is 94.0 Å². The van der Waals surface area contributed by atoms with E-state index in [1.165, 1.54) is 22.1 Å². The van der Waals surface area contributed by atoms with Crippen LogP contribution in [0.4, 0.5) is 0 Å². The largest absolute Gasteiger partial charge is 0.346 e. The normalized spacial score (nSPS) is 11.2. The standard InChI is InChI=1S/C22H20ClN3/c1-15-17(13-18-14-25-22-21(18)3-2-12-24-22)7-11-20(26-15)10-6-16-4-8-19(23)9-5-16/h2-5,7-9,11-12,14H,6,10,13H2,1H3,(H,24,25). The van der Waals surface area contributed by atoms with Crippen molar-refractivity contribution < 1.29 is 0 Å². The van der Waals surface area contributed by atoms with Crippen LogP contribution in [0.25, 0.3) is 11.0 Å². The van der Waals surface area contributed by atoms with Crippen molar-refractivity contribution in [3.63, 3.8) is 0 Å². The molecular formula is C22H20ClN3. The highest BCUT2D eigenvalue weighted by Gasteiger charge is 2.08. The number of nitrogens with one attached hydrogen (secondary N) is 1. The van der Waals surface area contributed by atoms with Gasteiger partial charge in [-0.25, -0.2) is 4.98 Å². The zero-order valence-electron chi connectivity index (χ0n) is 14.7. The molecule has 0 bridgehead atoms. The van der Waals surface area contributed by atoms with Crippen LogP contribution in [0.1, 0.15) is 28.1 Å². The fourth-order valence-electron chi connectivity index (χ4n) is 3.26. The van der Waals surface area contributed by atoms with E-state index in [0.717, 1.165) is 41.3 Å². The lowest BCUT2D eigenvalue weighted by Gasteiger charge is -2.08. The monoisotopic (exact) mass is 361 g/mol. The summed E-state index contributed by atoms with van der Waals surface area (Å²) in [5.41, 5.74) is 6.95. The maximum absolute atomic E-state index is 5.94. The Balaban J connectivity index is 1.48. The molecule has 0 fully saturated rings. The van der Waals surface area contributed by atoms with Gasteiger partial charge in [0.05, 0.1) is 0 Å². The first kappa shape index (κ1) is 16.8. The zero-order chi connectivity index (χ0) is 17.9. The van der Waals surface area contributed by atoms with Gasteiger partial charge in [0, 0.05) is 40.6 Å². The third kappa shape index (κ3) is 3.63. The summed E-state index contributed by atoms with van der Waals surface area (Å²) in [6, 6.07) is 16.5. The number of benzene rings is 1. The minimum atomic E-state index is 0.777. The number of hydrogen-bond acceptors (Lipinski definition) is 2. The van der Waals surface area contributed by atoms with Crippen LogP contribution in [0, 0.1) is 6.92 Å². The summed E-state index contributed by atoms with van der Waals surface area (Å²) in [5.74, 6) is 0. The quantitative estimate of drug-likeness (QED) is 0.524. The Kier molecular flexibility index (Phi) is 4.72. The molecule has 0 unspecified atom stereocenters. The SMILES string of the molecule is Cc1nc(CCc2ccc(Cl)cc2)ccc1Cc1c[nH]c2ncccc12. The average Bonchev–Trinajstić information content (AvgIpc) is 3.06. The molecule has 0 saturated carbocycles. The first-order chi connectivity index (χ1) is 12.7. The molecule has 3 aromatic heterocycles. The predicted molar refractivity (Wildman–Crippen MR) is 107 cm³/mol. The Hall–Kier alpha value is -2.65. The summed E-state index contributed by atoms with van der Waals surface area (Å²) in [4.78, 5) is 12.4. The predicted octanol–water partition coefficient (Wildman–Crippen LogP) is 5.30. The Morgan fingerprint density at radius 1 is 0.962 bits per heavy atom. The molecular weight excluding hydrogens is 342 g/mol. The zero-order valence-corrected chi connectivity index (χ0v) is 15.4. The fraction of sp³-hybridized carbons (Fsp3) is 0.182. The molecule has 4 heteroatoms. The summed E-state index contributed by atoms with van der Waals surface area (Å²) in [5, 5.41) is 1.96. The van der Waals surface area contributed by atoms with Crippen LogP contribution in [0.2, 0.25) is 5.02 Å². The van der Waals surface area contributed by atoms with Crippen molar-refractivity contribution >= 4 is 22.6 Å². The molecule has 130 valence electrons. The van der Waals surface area contributed by atoms with Gasteiger partial charge >= 0.3 is 0 Å². The van der Waals surface area contributed by atoms with E-state index in [0.29, 0.717) is 0 Å². The van der Waals surface area contributed by atoms with Gasteiger partial charge in [-0.05, 0) is 66.8 Å². The van der Waals surface area contributed by atoms with E-state index >= 15 is 0 Å². The maximum Gasteiger partial charge on any atom is 0.137 e. The Bertz CT molecular complexity index is 1030. The van der Waals surface area contributed by atoms with Gasteiger partial charge in [-0.3, -0.25) is 4.98 Å². The second kappa shape index (κ2) is 7.30. The Labute approximate surface area is 158 Å². The summed E-state index contributed by atoms with van der Waals surface area (Å²) < 4.78 is 0. The molecule has 0 atom stereocenters. The molecule has 0 saturated heterocycles. The number of hydrogen-bond donors (Lipinski definition) is 1. The molecule has 4 rings (SSSR count). The molecule has 4 aromatic rings. The molecule has 0 amide bonds. The van der Waals surface area contributed by atoms with E-state index in [4.69, 9.17) is 16.6 Å². The topological polar surface area (TPSA) is 41.6 Å². The Morgan fingerprint density at radius 2 is 1.81 bits per heavy atom. The second-order valence-corrected chi connectivity index (χ2v) is 7.00. The van der Waals surface area contributed by atoms with E-state index in [1.54, 1.807) is 0 Å². The van der Waals surface area contributed by atoms with Gasteiger partial charge in [-0.15, -0.1) is 0 Å². The van der Waals surface area contributed by atoms with Crippen molar-refractivity contribution in [2.24, 2.45) is 0 Å². The molecule has 1 N–H and O–H groups in total. The number of rotatable bonds is 5. The smallest absolute Gasteiger partial charge is 0.137 e. The maximum atomic E-state index is 5.94. The highest BCUT2D eigenvalue weighted by molar-refractivity contribution is 6.30. The molecule has 1 aromatic carbocycles. The van der Waals surface area contributed by atoms with Gasteiger partial charge in [-0.2, -0.15) is 0 Å². The highest BCUT2D eigenvalue weighted by atomic mass is 35.5. The van der Waals surface area contributed by atoms with Crippen LogP contribution in [0.5, 0.6) is 0 Å². The number of aryl methyl sites for hydroxylation is 3. The lowest BCUT2D eigenvalue weighted by molar-refractivity contribution is 0.894. The number of H-pyrrole nitrogens is 1. The summed E-state index contributed by atoms with van der Waals surface area (Å²) in [7, 11) is 0. The van der Waals surface area contributed by atoms with E-state index in [-0.39, 0.29) is 0 Å². The molecule has 3 nitrogen and oxygen atoms in total. The molecule has 0 aliphatic heterocycles. The van der Waals surface area contributed by atoms with Crippen LogP contribution < -0.4 is 0 Å². The lowest BCUT2D eigenvalue weighted by Crippen LogP contribution is -2.00. The first-order valence-electron chi connectivity index (χ1n) is 8.80. The van der Waals surface area contributed by atoms with Crippen LogP contribution in [0.3, 0.4) is 0 Å². The molecule has 26 heavy (non-hydrogen) atoms. The molecule has 0 radical (unpaired) electrons. The third-order valence-electron chi connectivity index (χ3n) is 4.75. The fourth-order valence-corrected chi connectivity index (χ4v) is 3.38. The minimum absolute atomic E-state index is 0.777. The minimum Gasteiger partial charge on any atom is -0.346 e. The van der Waals surface area contributed by atoms with Gasteiger partial charge in [0.25, 0.3) is 0 Å². The van der Waals surface area contributed by atoms with E-state index in [9.17, 15) is 0 Å². The van der Waals surface area contributed by atoms with Crippen molar-refractivity contribution in [3.8, 4) is 0 Å². The number of halogens is 1. The Morgan fingerprint density at radius 3 is 2.62 bits per heavy atom. The second-order valence-electron chi connectivity index (χ2n) is 6.56. The lowest BCUT2D eigenvalue weighted by atomic mass is 10.0. The summed E-state index contributed by atoms with van der Waals surface area (Å²) in [6.45, 7) is 2.09. The van der Waals surface area contributed by atoms with Crippen LogP contribution in [-0.4, -0.2) is 15.0 Å². The number of aromatic nitrogens is 3. The first-order valence-corrected chi connectivity index (χ1v) is 9.17. The summed E-state index contributed by atoms with van der Waals surface area (Å²) >= 11 is 5.94. The molecule has 0 aliphatic rings. The van der Waals surface area contributed by atoms with Gasteiger partial charge in [-0.1, -0.05) is 29.8 Å². The van der Waals surface area contributed by atoms with Crippen LogP contribution in [0.15, 0.2) is 60.9 Å². The van der Waals surface area contributed by atoms with Gasteiger partial charge in [0.1, 0.15) is 5.65 Å². The van der Waals surface area contributed by atoms with Crippen molar-refractivity contribution in [2.75, 3.05) is 0 Å². The van der Waals surface area contributed by atoms with Crippen molar-refractivity contribution in [2.45, 2.75) is 26.2 Å². The number of nitrogens with zero attached hydrogens (tertiary/aromatic N) is 2. The number of fused-ring (bicyclic) bond motifs is 1. The summed E-state index contributed by atoms with van der Waals surface area (Å²) in [6.07, 6.45) is 6.62. The van der Waals surface area contributed by atoms with Crippen molar-refractivity contribution in [1.82, 2.24) is 15.0 Å². The number of aromatic amines is 1.